The lowest BCUT2D eigenvalue weighted by Crippen LogP contribution is -2.42. The zero-order chi connectivity index (χ0) is 63.9. The van der Waals surface area contributed by atoms with Crippen LogP contribution in [0, 0.1) is 29.1 Å². The molecule has 2 saturated heterocycles. The maximum atomic E-state index is 13.8. The average Bonchev–Trinajstić information content (AvgIpc) is 2.12. The van der Waals surface area contributed by atoms with Crippen LogP contribution < -0.4 is 25.4 Å². The first-order chi connectivity index (χ1) is 44.0. The van der Waals surface area contributed by atoms with Crippen LogP contribution in [0.5, 0.6) is 11.5 Å². The number of carbonyl (C=O) groups excluding carboxylic acids is 4. The molecule has 0 unspecified atom stereocenters. The summed E-state index contributed by atoms with van der Waals surface area (Å²) in [6.07, 6.45) is 8.15. The number of benzene rings is 4. The third kappa shape index (κ3) is 17.1. The highest BCUT2D eigenvalue weighted by Crippen LogP contribution is 2.42. The van der Waals surface area contributed by atoms with Crippen molar-refractivity contribution in [3.63, 3.8) is 0 Å². The fraction of sp³-hybridized carbons (Fsp3) is 0.373. The molecule has 10 rings (SSSR count). The molecule has 19 nitrogen and oxygen atoms in total. The zero-order valence-electron chi connectivity index (χ0n) is 50.2. The van der Waals surface area contributed by atoms with E-state index in [1.807, 2.05) is 47.4 Å². The Morgan fingerprint density at radius 3 is 2.22 bits per heavy atom. The number of hydrogen-bond acceptors (Lipinski definition) is 15. The van der Waals surface area contributed by atoms with E-state index in [-0.39, 0.29) is 75.7 Å². The predicted octanol–water partition coefficient (Wildman–Crippen LogP) is 10.5. The monoisotopic (exact) mass is 1280 g/mol. The first kappa shape index (κ1) is 65.4. The Morgan fingerprint density at radius 1 is 0.758 bits per heavy atom. The van der Waals surface area contributed by atoms with E-state index in [0.29, 0.717) is 104 Å². The van der Waals surface area contributed by atoms with Gasteiger partial charge < -0.3 is 40.0 Å². The summed E-state index contributed by atoms with van der Waals surface area (Å²) in [5.74, 6) is 0.308. The number of likely N-dealkylation sites (tertiary alicyclic amines) is 2. The highest BCUT2D eigenvalue weighted by atomic mass is 32.2. The highest BCUT2D eigenvalue weighted by molar-refractivity contribution is 7.93. The first-order valence-corrected chi connectivity index (χ1v) is 32.8. The van der Waals surface area contributed by atoms with Crippen molar-refractivity contribution in [1.82, 2.24) is 40.7 Å². The van der Waals surface area contributed by atoms with E-state index in [2.05, 4.69) is 35.6 Å². The van der Waals surface area contributed by atoms with Gasteiger partial charge in [-0.05, 0) is 164 Å². The van der Waals surface area contributed by atoms with Gasteiger partial charge in [0, 0.05) is 93.4 Å². The van der Waals surface area contributed by atoms with E-state index < -0.39 is 27.7 Å². The van der Waals surface area contributed by atoms with Crippen LogP contribution in [0.1, 0.15) is 102 Å². The summed E-state index contributed by atoms with van der Waals surface area (Å²) in [6.45, 7) is 4.42. The second kappa shape index (κ2) is 30.5. The summed E-state index contributed by atoms with van der Waals surface area (Å²) in [5, 5.41) is 21.2. The second-order valence-electron chi connectivity index (χ2n) is 22.9. The SMILES string of the molecule is CN1C(=O)C[C@H](C(=O)NCCOCCOCCNC(=O)c2ccc(C3CCC(C(=O)N4CCC(CCNCc5cc(-c6cc(-c7cccc(C(F)(F)F)c7)ccc6Oc6ccc(S(=O)(=O)Nc7nccs7)cc6C#N)ccn5)CC4)CC3)cc2)[C@H]1c1cccnc1. The number of piperidine rings is 1. The van der Waals surface area contributed by atoms with Crippen LogP contribution in [0.25, 0.3) is 22.3 Å². The smallest absolute Gasteiger partial charge is 0.416 e. The van der Waals surface area contributed by atoms with E-state index >= 15 is 0 Å². The molecule has 4 N–H and O–H groups in total. The normalized spacial score (nSPS) is 17.9. The number of rotatable bonds is 26. The third-order valence-electron chi connectivity index (χ3n) is 17.0. The lowest BCUT2D eigenvalue weighted by atomic mass is 9.78. The lowest BCUT2D eigenvalue weighted by Gasteiger charge is -2.36. The molecule has 4 aromatic carbocycles. The van der Waals surface area contributed by atoms with Crippen LogP contribution >= 0.6 is 11.3 Å². The Balaban J connectivity index is 0.628. The molecule has 1 saturated carbocycles. The average molecular weight is 1280 g/mol. The molecule has 3 aromatic heterocycles. The Hall–Kier alpha value is -8.60. The van der Waals surface area contributed by atoms with Crippen LogP contribution in [0.15, 0.2) is 144 Å². The predicted molar refractivity (Wildman–Crippen MR) is 336 cm³/mol. The molecule has 91 heavy (non-hydrogen) atoms. The molecule has 476 valence electrons. The maximum Gasteiger partial charge on any atom is 0.416 e. The molecule has 0 spiro atoms. The fourth-order valence-corrected chi connectivity index (χ4v) is 13.8. The number of sulfonamides is 1. The number of anilines is 1. The van der Waals surface area contributed by atoms with Crippen LogP contribution in [0.2, 0.25) is 0 Å². The van der Waals surface area contributed by atoms with Gasteiger partial charge in [0.15, 0.2) is 5.13 Å². The van der Waals surface area contributed by atoms with Crippen molar-refractivity contribution in [3.8, 4) is 39.8 Å². The number of ether oxygens (including phenoxy) is 3. The molecule has 0 bridgehead atoms. The summed E-state index contributed by atoms with van der Waals surface area (Å²) in [4.78, 5) is 68.3. The molecule has 5 heterocycles. The summed E-state index contributed by atoms with van der Waals surface area (Å²) < 4.78 is 87.8. The van der Waals surface area contributed by atoms with Crippen LogP contribution in [0.3, 0.4) is 0 Å². The van der Waals surface area contributed by atoms with E-state index in [4.69, 9.17) is 14.2 Å². The van der Waals surface area contributed by atoms with Gasteiger partial charge in [0.2, 0.25) is 17.7 Å². The minimum Gasteiger partial charge on any atom is -0.455 e. The summed E-state index contributed by atoms with van der Waals surface area (Å²) in [5.41, 5.74) is 4.32. The molecule has 3 aliphatic rings. The molecule has 7 aromatic rings. The fourth-order valence-electron chi connectivity index (χ4n) is 12.0. The number of amides is 4. The number of aromatic nitrogens is 3. The number of nitrogens with one attached hydrogen (secondary N) is 4. The van der Waals surface area contributed by atoms with Gasteiger partial charge in [-0.25, -0.2) is 13.4 Å². The van der Waals surface area contributed by atoms with Crippen molar-refractivity contribution >= 4 is 50.1 Å². The number of thiazole rings is 1. The molecule has 2 aliphatic heterocycles. The van der Waals surface area contributed by atoms with Crippen molar-refractivity contribution in [2.24, 2.45) is 17.8 Å². The number of halogens is 3. The summed E-state index contributed by atoms with van der Waals surface area (Å²) in [7, 11) is -2.39. The maximum absolute atomic E-state index is 13.8. The van der Waals surface area contributed by atoms with E-state index in [1.54, 1.807) is 72.3 Å². The molecule has 24 heteroatoms. The minimum absolute atomic E-state index is 0.00888. The Morgan fingerprint density at radius 2 is 1.51 bits per heavy atom. The number of alkyl halides is 3. The van der Waals surface area contributed by atoms with Gasteiger partial charge in [-0.2, -0.15) is 18.4 Å². The molecule has 4 amide bonds. The third-order valence-corrected chi connectivity index (χ3v) is 19.1. The quantitative estimate of drug-likeness (QED) is 0.0369. The highest BCUT2D eigenvalue weighted by Gasteiger charge is 2.43. The molecular weight excluding hydrogens is 1210 g/mol. The zero-order valence-corrected chi connectivity index (χ0v) is 51.8. The standard InChI is InChI=1S/C67H71F3N10O9S2/c1-79-61(81)40-58(62(79)52-5-3-23-72-42-52)64(83)76-27-32-88-34-33-87-31-26-75-63(82)47-11-7-45(8-12-47)46-9-13-48(14-10-46)65(84)80-29-21-44(22-30-80)19-24-73-43-55-37-51(20-25-74-55)57-39-50(49-4-2-6-54(36-49)67(68,69)70)15-17-60(57)89-59-18-16-56(38-53(59)41-71)91(85,86)78-66-77-28-35-90-66/h2-8,11-12,15-18,20,23,25,28,35-39,42,44,46,48,58,62,73H,9-10,13-14,19,21-22,24,26-27,29-34,40,43H2,1H3,(H,75,82)(H,76,83)(H,77,78)/t46?,48?,58-,62+/m0/s1. The van der Waals surface area contributed by atoms with Crippen LogP contribution in [0.4, 0.5) is 18.3 Å². The van der Waals surface area contributed by atoms with Gasteiger partial charge in [0.1, 0.15) is 17.6 Å². The molecule has 1 aliphatic carbocycles. The Bertz CT molecular complexity index is 3800. The number of carbonyl (C=O) groups is 4. The summed E-state index contributed by atoms with van der Waals surface area (Å²) >= 11 is 1.10. The largest absolute Gasteiger partial charge is 0.455 e. The van der Waals surface area contributed by atoms with Gasteiger partial charge in [0.05, 0.1) is 60.1 Å². The molecular formula is C67H71F3N10O9S2. The molecule has 2 atom stereocenters. The van der Waals surface area contributed by atoms with Gasteiger partial charge in [-0.1, -0.05) is 36.4 Å². The van der Waals surface area contributed by atoms with E-state index in [9.17, 15) is 46.0 Å². The van der Waals surface area contributed by atoms with Crippen LogP contribution in [-0.2, 0) is 46.6 Å². The topological polar surface area (TPSA) is 247 Å². The number of hydrogen-bond donors (Lipinski definition) is 4. The number of pyridine rings is 2. The van der Waals surface area contributed by atoms with Gasteiger partial charge in [0.25, 0.3) is 15.9 Å². The van der Waals surface area contributed by atoms with Crippen molar-refractivity contribution in [2.45, 2.75) is 80.9 Å². The van der Waals surface area contributed by atoms with Gasteiger partial charge in [-0.15, -0.1) is 11.3 Å². The summed E-state index contributed by atoms with van der Waals surface area (Å²) in [6, 6.07) is 30.5. The van der Waals surface area contributed by atoms with Crippen LogP contribution in [-0.4, -0.2) is 123 Å². The van der Waals surface area contributed by atoms with Crippen molar-refractivity contribution in [2.75, 3.05) is 70.9 Å². The minimum atomic E-state index is -4.56. The van der Waals surface area contributed by atoms with Gasteiger partial charge in [-0.3, -0.25) is 33.9 Å². The van der Waals surface area contributed by atoms with E-state index in [1.165, 1.54) is 30.5 Å². The van der Waals surface area contributed by atoms with Gasteiger partial charge >= 0.3 is 6.18 Å². The first-order valence-electron chi connectivity index (χ1n) is 30.4. The lowest BCUT2D eigenvalue weighted by molar-refractivity contribution is -0.138. The van der Waals surface area contributed by atoms with Crippen molar-refractivity contribution in [3.05, 3.63) is 173 Å². The van der Waals surface area contributed by atoms with E-state index in [0.717, 1.165) is 79.5 Å². The van der Waals surface area contributed by atoms with Crippen molar-refractivity contribution < 1.29 is 55.0 Å². The number of nitriles is 1. The number of nitrogens with zero attached hydrogens (tertiary/aromatic N) is 6. The second-order valence-corrected chi connectivity index (χ2v) is 25.4. The Labute approximate surface area is 530 Å². The molecule has 0 radical (unpaired) electrons. The Kier molecular flexibility index (Phi) is 21.9. The van der Waals surface area contributed by atoms with Crippen molar-refractivity contribution in [1.29, 1.82) is 5.26 Å². The molecule has 3 fully saturated rings.